The fourth-order valence-corrected chi connectivity index (χ4v) is 2.54. The van der Waals surface area contributed by atoms with Crippen molar-refractivity contribution < 1.29 is 14.6 Å². The first-order chi connectivity index (χ1) is 11.7. The van der Waals surface area contributed by atoms with Crippen LogP contribution in [0.4, 0.5) is 4.79 Å². The smallest absolute Gasteiger partial charge is 0.315 e. The summed E-state index contributed by atoms with van der Waals surface area (Å²) in [5, 5.41) is 23.3. The van der Waals surface area contributed by atoms with Crippen LogP contribution in [0.25, 0.3) is 0 Å². The Morgan fingerprint density at radius 2 is 2.12 bits per heavy atom. The van der Waals surface area contributed by atoms with E-state index in [0.29, 0.717) is 12.3 Å². The number of carbonyl (C=O) groups is 1. The van der Waals surface area contributed by atoms with Crippen LogP contribution in [0.3, 0.4) is 0 Å². The molecule has 24 heavy (non-hydrogen) atoms. The third-order valence-electron chi connectivity index (χ3n) is 3.78. The Labute approximate surface area is 139 Å². The maximum absolute atomic E-state index is 11.8. The van der Waals surface area contributed by atoms with Crippen molar-refractivity contribution in [1.29, 1.82) is 0 Å². The van der Waals surface area contributed by atoms with E-state index in [1.807, 2.05) is 34.9 Å². The molecule has 0 saturated heterocycles. The first kappa shape index (κ1) is 16.3. The van der Waals surface area contributed by atoms with Crippen LogP contribution in [0.5, 0.6) is 5.75 Å². The monoisotopic (exact) mass is 331 g/mol. The second-order valence-corrected chi connectivity index (χ2v) is 5.63. The average molecular weight is 331 g/mol. The molecule has 0 unspecified atom stereocenters. The number of fused-ring (bicyclic) bond motifs is 1. The number of aliphatic hydroxyl groups excluding tert-OH is 1. The lowest BCUT2D eigenvalue weighted by Crippen LogP contribution is -2.41. The minimum absolute atomic E-state index is 0.108. The second-order valence-electron chi connectivity index (χ2n) is 5.63. The molecule has 1 aliphatic rings. The van der Waals surface area contributed by atoms with Crippen molar-refractivity contribution in [1.82, 2.24) is 25.4 Å². The van der Waals surface area contributed by atoms with Crippen molar-refractivity contribution in [2.24, 2.45) is 0 Å². The Kier molecular flexibility index (Phi) is 5.27. The van der Waals surface area contributed by atoms with Crippen LogP contribution in [-0.2, 0) is 19.5 Å². The van der Waals surface area contributed by atoms with E-state index in [0.717, 1.165) is 31.0 Å². The summed E-state index contributed by atoms with van der Waals surface area (Å²) in [5.74, 6) is 2.41. The predicted octanol–water partition coefficient (Wildman–Crippen LogP) is 0.463. The highest BCUT2D eigenvalue weighted by Gasteiger charge is 2.17. The van der Waals surface area contributed by atoms with E-state index < -0.39 is 6.10 Å². The first-order valence-electron chi connectivity index (χ1n) is 8.01. The molecule has 2 amide bonds. The van der Waals surface area contributed by atoms with Crippen molar-refractivity contribution >= 4 is 6.03 Å². The highest BCUT2D eigenvalue weighted by Crippen LogP contribution is 2.13. The molecule has 0 bridgehead atoms. The summed E-state index contributed by atoms with van der Waals surface area (Å²) >= 11 is 0. The largest absolute Gasteiger partial charge is 0.491 e. The van der Waals surface area contributed by atoms with Gasteiger partial charge in [-0.1, -0.05) is 18.2 Å². The van der Waals surface area contributed by atoms with Crippen molar-refractivity contribution in [3.8, 4) is 5.75 Å². The summed E-state index contributed by atoms with van der Waals surface area (Å²) in [6, 6.07) is 8.86. The van der Waals surface area contributed by atoms with E-state index in [1.165, 1.54) is 0 Å². The van der Waals surface area contributed by atoms with Crippen LogP contribution in [-0.4, -0.2) is 45.2 Å². The maximum Gasteiger partial charge on any atom is 0.315 e. The average Bonchev–Trinajstić information content (AvgIpc) is 3.21. The standard InChI is InChI=1S/C16H21N5O3/c22-12(11-24-13-5-2-1-3-6-13)9-17-16(23)18-10-15-20-19-14-7-4-8-21(14)15/h1-3,5-6,12,22H,4,7-11H2,(H2,17,18,23)/t12-/m1/s1. The van der Waals surface area contributed by atoms with Gasteiger partial charge in [0, 0.05) is 19.5 Å². The lowest BCUT2D eigenvalue weighted by atomic mass is 10.3. The molecule has 0 saturated carbocycles. The highest BCUT2D eigenvalue weighted by molar-refractivity contribution is 5.73. The molecule has 2 aromatic rings. The van der Waals surface area contributed by atoms with E-state index in [4.69, 9.17) is 4.74 Å². The quantitative estimate of drug-likeness (QED) is 0.684. The van der Waals surface area contributed by atoms with Crippen molar-refractivity contribution in [2.45, 2.75) is 32.0 Å². The third kappa shape index (κ3) is 4.23. The molecule has 2 heterocycles. The van der Waals surface area contributed by atoms with Gasteiger partial charge >= 0.3 is 6.03 Å². The molecule has 1 aromatic heterocycles. The lowest BCUT2D eigenvalue weighted by Gasteiger charge is -2.13. The van der Waals surface area contributed by atoms with E-state index in [9.17, 15) is 9.90 Å². The molecule has 8 heteroatoms. The molecular weight excluding hydrogens is 310 g/mol. The molecule has 1 aliphatic heterocycles. The number of amides is 2. The fourth-order valence-electron chi connectivity index (χ4n) is 2.54. The van der Waals surface area contributed by atoms with Gasteiger partial charge in [-0.15, -0.1) is 10.2 Å². The molecule has 0 spiro atoms. The summed E-state index contributed by atoms with van der Waals surface area (Å²) < 4.78 is 7.46. The van der Waals surface area contributed by atoms with Crippen LogP contribution < -0.4 is 15.4 Å². The number of benzene rings is 1. The molecule has 0 fully saturated rings. The van der Waals surface area contributed by atoms with Gasteiger partial charge in [-0.05, 0) is 18.6 Å². The molecule has 0 radical (unpaired) electrons. The van der Waals surface area contributed by atoms with Gasteiger partial charge < -0.3 is 25.0 Å². The zero-order valence-electron chi connectivity index (χ0n) is 13.3. The number of aliphatic hydroxyl groups is 1. The molecule has 3 N–H and O–H groups in total. The molecule has 0 aliphatic carbocycles. The van der Waals surface area contributed by atoms with Gasteiger partial charge in [-0.2, -0.15) is 0 Å². The van der Waals surface area contributed by atoms with Gasteiger partial charge in [-0.3, -0.25) is 0 Å². The van der Waals surface area contributed by atoms with E-state index in [2.05, 4.69) is 20.8 Å². The number of urea groups is 1. The maximum atomic E-state index is 11.8. The van der Waals surface area contributed by atoms with Crippen molar-refractivity contribution in [3.05, 3.63) is 42.0 Å². The van der Waals surface area contributed by atoms with Gasteiger partial charge in [-0.25, -0.2) is 4.79 Å². The summed E-state index contributed by atoms with van der Waals surface area (Å²) in [5.41, 5.74) is 0. The number of rotatable bonds is 7. The van der Waals surface area contributed by atoms with Gasteiger partial charge in [0.25, 0.3) is 0 Å². The van der Waals surface area contributed by atoms with E-state index in [1.54, 1.807) is 0 Å². The second kappa shape index (κ2) is 7.78. The van der Waals surface area contributed by atoms with Crippen LogP contribution in [0.1, 0.15) is 18.1 Å². The van der Waals surface area contributed by atoms with Crippen LogP contribution in [0.2, 0.25) is 0 Å². The van der Waals surface area contributed by atoms with Crippen LogP contribution in [0, 0.1) is 0 Å². The highest BCUT2D eigenvalue weighted by atomic mass is 16.5. The molecule has 8 nitrogen and oxygen atoms in total. The molecule has 1 aromatic carbocycles. The van der Waals surface area contributed by atoms with Crippen LogP contribution >= 0.6 is 0 Å². The number of ether oxygens (including phenoxy) is 1. The normalized spacial score (nSPS) is 14.0. The van der Waals surface area contributed by atoms with Gasteiger partial charge in [0.2, 0.25) is 0 Å². The van der Waals surface area contributed by atoms with Gasteiger partial charge in [0.1, 0.15) is 24.3 Å². The third-order valence-corrected chi connectivity index (χ3v) is 3.78. The Hall–Kier alpha value is -2.61. The summed E-state index contributed by atoms with van der Waals surface area (Å²) in [6.45, 7) is 1.44. The van der Waals surface area contributed by atoms with E-state index in [-0.39, 0.29) is 19.2 Å². The summed E-state index contributed by atoms with van der Waals surface area (Å²) in [6.07, 6.45) is 1.22. The first-order valence-corrected chi connectivity index (χ1v) is 8.01. The van der Waals surface area contributed by atoms with Gasteiger partial charge in [0.15, 0.2) is 5.82 Å². The zero-order chi connectivity index (χ0) is 16.8. The zero-order valence-corrected chi connectivity index (χ0v) is 13.3. The molecular formula is C16H21N5O3. The topological polar surface area (TPSA) is 101 Å². The fraction of sp³-hybridized carbons (Fsp3) is 0.438. The SMILES string of the molecule is O=C(NCc1nnc2n1CCC2)NC[C@@H](O)COc1ccccc1. The Morgan fingerprint density at radius 3 is 2.96 bits per heavy atom. The number of carbonyl (C=O) groups excluding carboxylic acids is 1. The van der Waals surface area contributed by atoms with Crippen molar-refractivity contribution in [3.63, 3.8) is 0 Å². The minimum atomic E-state index is -0.784. The minimum Gasteiger partial charge on any atom is -0.491 e. The van der Waals surface area contributed by atoms with E-state index >= 15 is 0 Å². The van der Waals surface area contributed by atoms with Gasteiger partial charge in [0.05, 0.1) is 6.54 Å². The van der Waals surface area contributed by atoms with Crippen molar-refractivity contribution in [2.75, 3.05) is 13.2 Å². The Balaban J connectivity index is 1.34. The van der Waals surface area contributed by atoms with Crippen LogP contribution in [0.15, 0.2) is 30.3 Å². The summed E-state index contributed by atoms with van der Waals surface area (Å²) in [4.78, 5) is 11.8. The number of aromatic nitrogens is 3. The predicted molar refractivity (Wildman–Crippen MR) is 86.5 cm³/mol. The Bertz CT molecular complexity index is 674. The number of aryl methyl sites for hydroxylation is 1. The molecule has 128 valence electrons. The number of nitrogens with one attached hydrogen (secondary N) is 2. The lowest BCUT2D eigenvalue weighted by molar-refractivity contribution is 0.108. The molecule has 3 rings (SSSR count). The number of hydrogen-bond acceptors (Lipinski definition) is 5. The molecule has 1 atom stereocenters. The Morgan fingerprint density at radius 1 is 1.29 bits per heavy atom. The number of para-hydroxylation sites is 1. The number of hydrogen-bond donors (Lipinski definition) is 3. The number of nitrogens with zero attached hydrogens (tertiary/aromatic N) is 3. The summed E-state index contributed by atoms with van der Waals surface area (Å²) in [7, 11) is 0.